The molecule has 2 aromatic rings. The number of carbonyl (C=O) groups excluding carboxylic acids is 1. The van der Waals surface area contributed by atoms with Crippen molar-refractivity contribution in [3.05, 3.63) is 65.8 Å². The Morgan fingerprint density at radius 2 is 1.84 bits per heavy atom. The lowest BCUT2D eigenvalue weighted by atomic mass is 9.99. The summed E-state index contributed by atoms with van der Waals surface area (Å²) >= 11 is 0. The van der Waals surface area contributed by atoms with Gasteiger partial charge in [-0.05, 0) is 29.3 Å². The van der Waals surface area contributed by atoms with Crippen LogP contribution in [0, 0.1) is 0 Å². The predicted molar refractivity (Wildman–Crippen MR) is 84.0 cm³/mol. The molecule has 25 heavy (non-hydrogen) atoms. The number of carbonyl (C=O) groups is 1. The molecule has 0 unspecified atom stereocenters. The summed E-state index contributed by atoms with van der Waals surface area (Å²) in [6.07, 6.45) is -2.31. The van der Waals surface area contributed by atoms with Crippen LogP contribution in [0.1, 0.15) is 16.8 Å². The van der Waals surface area contributed by atoms with E-state index in [-0.39, 0.29) is 6.54 Å². The lowest BCUT2D eigenvalue weighted by Crippen LogP contribution is -2.36. The van der Waals surface area contributed by atoms with Crippen molar-refractivity contribution in [3.63, 3.8) is 0 Å². The van der Waals surface area contributed by atoms with Gasteiger partial charge in [-0.25, -0.2) is 4.39 Å². The zero-order valence-electron chi connectivity index (χ0n) is 13.1. The molecule has 130 valence electrons. The van der Waals surface area contributed by atoms with E-state index in [0.717, 1.165) is 23.4 Å². The van der Waals surface area contributed by atoms with E-state index in [1.54, 1.807) is 12.3 Å². The van der Waals surface area contributed by atoms with Crippen molar-refractivity contribution in [1.82, 2.24) is 9.88 Å². The maximum atomic E-state index is 13.0. The third-order valence-electron chi connectivity index (χ3n) is 4.10. The van der Waals surface area contributed by atoms with E-state index < -0.39 is 23.5 Å². The summed E-state index contributed by atoms with van der Waals surface area (Å²) < 4.78 is 51.0. The van der Waals surface area contributed by atoms with Crippen LogP contribution < -0.4 is 0 Å². The molecule has 0 fully saturated rings. The molecule has 1 aromatic heterocycles. The Hall–Kier alpha value is -2.70. The van der Waals surface area contributed by atoms with Crippen molar-refractivity contribution in [2.24, 2.45) is 0 Å². The Kier molecular flexibility index (Phi) is 4.32. The number of rotatable bonds is 2. The Morgan fingerprint density at radius 1 is 1.16 bits per heavy atom. The standard InChI is InChI=1S/C18H14F4N2O/c1-11(19)17(25)24-7-6-16-14(10-24)8-13(9-23-16)12-2-4-15(5-3-12)18(20,21)22/h2-5,8-9H,1,6-7,10H2. The lowest BCUT2D eigenvalue weighted by molar-refractivity contribution is -0.137. The summed E-state index contributed by atoms with van der Waals surface area (Å²) in [5, 5.41) is 0. The quantitative estimate of drug-likeness (QED) is 0.603. The molecule has 1 aromatic carbocycles. The second-order valence-electron chi connectivity index (χ2n) is 5.79. The smallest absolute Gasteiger partial charge is 0.332 e. The minimum Gasteiger partial charge on any atom is -0.332 e. The molecular weight excluding hydrogens is 336 g/mol. The van der Waals surface area contributed by atoms with Gasteiger partial charge in [0.2, 0.25) is 0 Å². The van der Waals surface area contributed by atoms with E-state index in [9.17, 15) is 22.4 Å². The van der Waals surface area contributed by atoms with Crippen LogP contribution in [-0.2, 0) is 23.9 Å². The molecule has 0 atom stereocenters. The van der Waals surface area contributed by atoms with Crippen LogP contribution in [0.15, 0.2) is 48.9 Å². The first-order chi connectivity index (χ1) is 11.8. The molecule has 0 saturated carbocycles. The highest BCUT2D eigenvalue weighted by atomic mass is 19.4. The van der Waals surface area contributed by atoms with Crippen LogP contribution in [0.3, 0.4) is 0 Å². The van der Waals surface area contributed by atoms with Crippen LogP contribution in [-0.4, -0.2) is 22.3 Å². The summed E-state index contributed by atoms with van der Waals surface area (Å²) in [4.78, 5) is 17.4. The average molecular weight is 350 g/mol. The minimum absolute atomic E-state index is 0.193. The van der Waals surface area contributed by atoms with Crippen molar-refractivity contribution >= 4 is 5.91 Å². The number of aromatic nitrogens is 1. The lowest BCUT2D eigenvalue weighted by Gasteiger charge is -2.28. The molecule has 7 heteroatoms. The first-order valence-electron chi connectivity index (χ1n) is 7.55. The number of amides is 1. The summed E-state index contributed by atoms with van der Waals surface area (Å²) in [5.74, 6) is -1.78. The van der Waals surface area contributed by atoms with Gasteiger partial charge in [0.05, 0.1) is 5.56 Å². The normalized spacial score (nSPS) is 14.2. The van der Waals surface area contributed by atoms with Crippen molar-refractivity contribution in [1.29, 1.82) is 0 Å². The number of pyridine rings is 1. The van der Waals surface area contributed by atoms with Gasteiger partial charge in [-0.15, -0.1) is 0 Å². The number of nitrogens with zero attached hydrogens (tertiary/aromatic N) is 2. The number of hydrogen-bond acceptors (Lipinski definition) is 2. The summed E-state index contributed by atoms with van der Waals surface area (Å²) in [5.41, 5.74) is 2.05. The summed E-state index contributed by atoms with van der Waals surface area (Å²) in [6, 6.07) is 6.55. The van der Waals surface area contributed by atoms with E-state index in [4.69, 9.17) is 0 Å². The second kappa shape index (κ2) is 6.31. The fraction of sp³-hybridized carbons (Fsp3) is 0.222. The summed E-state index contributed by atoms with van der Waals surface area (Å²) in [7, 11) is 0. The van der Waals surface area contributed by atoms with Crippen LogP contribution in [0.5, 0.6) is 0 Å². The first-order valence-corrected chi connectivity index (χ1v) is 7.55. The Morgan fingerprint density at radius 3 is 2.44 bits per heavy atom. The molecule has 0 spiro atoms. The monoisotopic (exact) mass is 350 g/mol. The van der Waals surface area contributed by atoms with Crippen LogP contribution in [0.4, 0.5) is 17.6 Å². The average Bonchev–Trinajstić information content (AvgIpc) is 2.59. The molecule has 0 aliphatic carbocycles. The second-order valence-corrected chi connectivity index (χ2v) is 5.79. The Labute approximate surface area is 141 Å². The third kappa shape index (κ3) is 3.55. The van der Waals surface area contributed by atoms with E-state index in [2.05, 4.69) is 11.6 Å². The van der Waals surface area contributed by atoms with Crippen LogP contribution in [0.25, 0.3) is 11.1 Å². The van der Waals surface area contributed by atoms with Gasteiger partial charge < -0.3 is 4.90 Å². The number of fused-ring (bicyclic) bond motifs is 1. The number of alkyl halides is 3. The predicted octanol–water partition coefficient (Wildman–Crippen LogP) is 4.14. The molecule has 1 amide bonds. The Balaban J connectivity index is 1.87. The first kappa shape index (κ1) is 17.1. The highest BCUT2D eigenvalue weighted by Gasteiger charge is 2.30. The van der Waals surface area contributed by atoms with Crippen molar-refractivity contribution in [2.45, 2.75) is 19.1 Å². The van der Waals surface area contributed by atoms with Crippen LogP contribution >= 0.6 is 0 Å². The van der Waals surface area contributed by atoms with Gasteiger partial charge in [0.25, 0.3) is 5.91 Å². The Bertz CT molecular complexity index is 828. The molecular formula is C18H14F4N2O. The van der Waals surface area contributed by atoms with Gasteiger partial charge in [-0.1, -0.05) is 18.7 Å². The number of hydrogen-bond donors (Lipinski definition) is 0. The molecule has 0 saturated heterocycles. The van der Waals surface area contributed by atoms with Gasteiger partial charge in [0, 0.05) is 37.0 Å². The van der Waals surface area contributed by atoms with E-state index >= 15 is 0 Å². The third-order valence-corrected chi connectivity index (χ3v) is 4.10. The van der Waals surface area contributed by atoms with Crippen molar-refractivity contribution < 1.29 is 22.4 Å². The highest BCUT2D eigenvalue weighted by molar-refractivity contribution is 5.90. The maximum Gasteiger partial charge on any atom is 0.416 e. The molecule has 0 N–H and O–H groups in total. The molecule has 0 bridgehead atoms. The van der Waals surface area contributed by atoms with Crippen molar-refractivity contribution in [3.8, 4) is 11.1 Å². The van der Waals surface area contributed by atoms with E-state index in [0.29, 0.717) is 24.1 Å². The molecule has 1 aliphatic rings. The van der Waals surface area contributed by atoms with Crippen molar-refractivity contribution in [2.75, 3.05) is 6.54 Å². The fourth-order valence-electron chi connectivity index (χ4n) is 2.78. The molecule has 1 aliphatic heterocycles. The van der Waals surface area contributed by atoms with Gasteiger partial charge in [-0.3, -0.25) is 9.78 Å². The zero-order valence-corrected chi connectivity index (χ0v) is 13.1. The molecule has 0 radical (unpaired) electrons. The van der Waals surface area contributed by atoms with E-state index in [1.165, 1.54) is 17.0 Å². The number of halogens is 4. The zero-order chi connectivity index (χ0) is 18.2. The molecule has 3 nitrogen and oxygen atoms in total. The van der Waals surface area contributed by atoms with Gasteiger partial charge in [0.15, 0.2) is 5.83 Å². The highest BCUT2D eigenvalue weighted by Crippen LogP contribution is 2.31. The van der Waals surface area contributed by atoms with Crippen LogP contribution in [0.2, 0.25) is 0 Å². The molecule has 2 heterocycles. The maximum absolute atomic E-state index is 13.0. The number of benzene rings is 1. The van der Waals surface area contributed by atoms with E-state index in [1.807, 2.05) is 0 Å². The fourth-order valence-corrected chi connectivity index (χ4v) is 2.78. The largest absolute Gasteiger partial charge is 0.416 e. The minimum atomic E-state index is -4.39. The van der Waals surface area contributed by atoms with Gasteiger partial charge in [0.1, 0.15) is 0 Å². The topological polar surface area (TPSA) is 33.2 Å². The SMILES string of the molecule is C=C(F)C(=O)N1CCc2ncc(-c3ccc(C(F)(F)F)cc3)cc2C1. The molecule has 3 rings (SSSR count). The van der Waals surface area contributed by atoms with Gasteiger partial charge >= 0.3 is 6.18 Å². The summed E-state index contributed by atoms with van der Waals surface area (Å²) in [6.45, 7) is 3.56. The van der Waals surface area contributed by atoms with Gasteiger partial charge in [-0.2, -0.15) is 13.2 Å².